The Morgan fingerprint density at radius 3 is 2.92 bits per heavy atom. The van der Waals surface area contributed by atoms with Crippen LogP contribution >= 0.6 is 0 Å². The van der Waals surface area contributed by atoms with E-state index in [0.717, 1.165) is 5.69 Å². The quantitative estimate of drug-likeness (QED) is 0.561. The molecule has 1 N–H and O–H groups in total. The topological polar surface area (TPSA) is 24.4 Å². The maximum Gasteiger partial charge on any atom is 0.0634 e. The summed E-state index contributed by atoms with van der Waals surface area (Å²) in [7, 11) is 0. The predicted molar refractivity (Wildman–Crippen MR) is 53.3 cm³/mol. The van der Waals surface area contributed by atoms with Crippen molar-refractivity contribution in [2.24, 2.45) is 5.10 Å². The Bertz CT molecular complexity index is 318. The molecule has 0 aromatic heterocycles. The molecule has 1 aromatic rings. The molecule has 0 aliphatic carbocycles. The molecule has 2 nitrogen and oxygen atoms in total. The van der Waals surface area contributed by atoms with Gasteiger partial charge in [-0.05, 0) is 17.7 Å². The van der Waals surface area contributed by atoms with Gasteiger partial charge in [0, 0.05) is 25.1 Å². The Morgan fingerprint density at radius 1 is 1.17 bits per heavy atom. The van der Waals surface area contributed by atoms with Gasteiger partial charge in [-0.25, -0.2) is 0 Å². The van der Waals surface area contributed by atoms with E-state index in [1.165, 1.54) is 5.56 Å². The summed E-state index contributed by atoms with van der Waals surface area (Å²) < 4.78 is 0. The molecule has 55 valence electrons. The number of hydrogen-bond acceptors (Lipinski definition) is 2. The minimum atomic E-state index is 0. The van der Waals surface area contributed by atoms with Gasteiger partial charge in [-0.15, -0.1) is 0 Å². The van der Waals surface area contributed by atoms with Crippen molar-refractivity contribution in [3.63, 3.8) is 0 Å². The number of allylic oxidation sites excluding steroid dienone is 1. The molecule has 0 amide bonds. The zero-order valence-corrected chi connectivity index (χ0v) is 6.99. The smallest absolute Gasteiger partial charge is 0.0634 e. The van der Waals surface area contributed by atoms with E-state index in [4.69, 9.17) is 0 Å². The molecule has 0 unspecified atom stereocenters. The van der Waals surface area contributed by atoms with Crippen molar-refractivity contribution in [2.75, 3.05) is 5.43 Å². The zero-order valence-electron chi connectivity index (χ0n) is 6.99. The number of anilines is 1. The van der Waals surface area contributed by atoms with E-state index in [9.17, 15) is 0 Å². The molecule has 1 aliphatic rings. The van der Waals surface area contributed by atoms with E-state index in [0.29, 0.717) is 0 Å². The first-order valence-electron chi connectivity index (χ1n) is 3.51. The molecule has 1 radical (unpaired) electrons. The molecular weight excluding hydrogens is 143 g/mol. The van der Waals surface area contributed by atoms with Gasteiger partial charge >= 0.3 is 0 Å². The third-order valence-corrected chi connectivity index (χ3v) is 1.58. The van der Waals surface area contributed by atoms with Crippen LogP contribution in [0.3, 0.4) is 0 Å². The van der Waals surface area contributed by atoms with E-state index in [2.05, 4.69) is 10.5 Å². The van der Waals surface area contributed by atoms with Gasteiger partial charge < -0.3 is 0 Å². The maximum atomic E-state index is 3.95. The summed E-state index contributed by atoms with van der Waals surface area (Å²) in [5.41, 5.74) is 5.16. The van der Waals surface area contributed by atoms with Crippen molar-refractivity contribution in [3.8, 4) is 0 Å². The average Bonchev–Trinajstić information content (AvgIpc) is 2.28. The van der Waals surface area contributed by atoms with Crippen LogP contribution in [0, 0.1) is 0 Å². The summed E-state index contributed by atoms with van der Waals surface area (Å²) in [6.45, 7) is 0. The summed E-state index contributed by atoms with van der Waals surface area (Å²) in [6.07, 6.45) is 5.68. The molecule has 0 saturated heterocycles. The van der Waals surface area contributed by atoms with E-state index < -0.39 is 0 Å². The second-order valence-corrected chi connectivity index (χ2v) is 2.34. The number of hydrazone groups is 1. The molecule has 0 spiro atoms. The van der Waals surface area contributed by atoms with Crippen molar-refractivity contribution < 1.29 is 0 Å². The SMILES string of the molecule is C1=Cc2ccccc2NN=C1.[Li]. The fourth-order valence-corrected chi connectivity index (χ4v) is 1.04. The Balaban J connectivity index is 0.000000720. The molecule has 2 rings (SSSR count). The van der Waals surface area contributed by atoms with Gasteiger partial charge in [-0.3, -0.25) is 5.43 Å². The van der Waals surface area contributed by atoms with Gasteiger partial charge in [0.1, 0.15) is 0 Å². The third kappa shape index (κ3) is 1.79. The Kier molecular flexibility index (Phi) is 3.16. The summed E-state index contributed by atoms with van der Waals surface area (Å²) in [6, 6.07) is 8.05. The fraction of sp³-hybridized carbons (Fsp3) is 0. The van der Waals surface area contributed by atoms with Crippen LogP contribution in [0.25, 0.3) is 6.08 Å². The van der Waals surface area contributed by atoms with Crippen molar-refractivity contribution in [1.29, 1.82) is 0 Å². The number of para-hydroxylation sites is 1. The molecule has 0 fully saturated rings. The number of benzene rings is 1. The van der Waals surface area contributed by atoms with E-state index in [1.54, 1.807) is 6.21 Å². The number of rotatable bonds is 0. The molecular formula is C9H8LiN2. The van der Waals surface area contributed by atoms with Gasteiger partial charge in [-0.1, -0.05) is 24.3 Å². The monoisotopic (exact) mass is 151 g/mol. The summed E-state index contributed by atoms with van der Waals surface area (Å²) in [4.78, 5) is 0. The summed E-state index contributed by atoms with van der Waals surface area (Å²) in [5.74, 6) is 0. The Labute approximate surface area is 83.5 Å². The minimum absolute atomic E-state index is 0. The van der Waals surface area contributed by atoms with Gasteiger partial charge in [0.25, 0.3) is 0 Å². The van der Waals surface area contributed by atoms with E-state index in [1.807, 2.05) is 36.4 Å². The van der Waals surface area contributed by atoms with Crippen LogP contribution in [0.2, 0.25) is 0 Å². The largest absolute Gasteiger partial charge is 0.278 e. The minimum Gasteiger partial charge on any atom is -0.278 e. The molecule has 1 aromatic carbocycles. The van der Waals surface area contributed by atoms with Crippen molar-refractivity contribution in [1.82, 2.24) is 0 Å². The summed E-state index contributed by atoms with van der Waals surface area (Å²) in [5, 5.41) is 3.95. The average molecular weight is 151 g/mol. The molecule has 0 bridgehead atoms. The van der Waals surface area contributed by atoms with Gasteiger partial charge in [0.15, 0.2) is 0 Å². The summed E-state index contributed by atoms with van der Waals surface area (Å²) >= 11 is 0. The number of nitrogens with zero attached hydrogens (tertiary/aromatic N) is 1. The number of fused-ring (bicyclic) bond motifs is 1. The standard InChI is InChI=1S/C9H8N2.Li/c1-2-6-9-8(4-1)5-3-7-10-11-9;/h1-7,11H;. The van der Waals surface area contributed by atoms with Crippen molar-refractivity contribution in [2.45, 2.75) is 0 Å². The fourth-order valence-electron chi connectivity index (χ4n) is 1.04. The molecule has 1 heterocycles. The predicted octanol–water partition coefficient (Wildman–Crippen LogP) is 1.73. The molecule has 1 aliphatic heterocycles. The van der Waals surface area contributed by atoms with Crippen LogP contribution in [-0.4, -0.2) is 25.1 Å². The van der Waals surface area contributed by atoms with Crippen LogP contribution in [0.4, 0.5) is 5.69 Å². The van der Waals surface area contributed by atoms with Crippen LogP contribution in [0.5, 0.6) is 0 Å². The number of nitrogens with one attached hydrogen (secondary N) is 1. The van der Waals surface area contributed by atoms with Gasteiger partial charge in [-0.2, -0.15) is 5.10 Å². The number of hydrogen-bond donors (Lipinski definition) is 1. The van der Waals surface area contributed by atoms with Crippen molar-refractivity contribution >= 4 is 36.8 Å². The Hall–Kier alpha value is -0.973. The zero-order chi connectivity index (χ0) is 7.52. The normalized spacial score (nSPS) is 12.3. The molecule has 0 atom stereocenters. The molecule has 0 saturated carbocycles. The van der Waals surface area contributed by atoms with Crippen LogP contribution in [0.15, 0.2) is 35.4 Å². The first-order chi connectivity index (χ1) is 5.47. The van der Waals surface area contributed by atoms with Gasteiger partial charge in [0.2, 0.25) is 0 Å². The van der Waals surface area contributed by atoms with Crippen LogP contribution in [-0.2, 0) is 0 Å². The second kappa shape index (κ2) is 4.15. The van der Waals surface area contributed by atoms with Gasteiger partial charge in [0.05, 0.1) is 5.69 Å². The van der Waals surface area contributed by atoms with Crippen molar-refractivity contribution in [3.05, 3.63) is 35.9 Å². The van der Waals surface area contributed by atoms with E-state index in [-0.39, 0.29) is 18.9 Å². The Morgan fingerprint density at radius 2 is 2.00 bits per heavy atom. The third-order valence-electron chi connectivity index (χ3n) is 1.58. The first-order valence-corrected chi connectivity index (χ1v) is 3.51. The molecule has 12 heavy (non-hydrogen) atoms. The van der Waals surface area contributed by atoms with Crippen LogP contribution in [0.1, 0.15) is 5.56 Å². The first kappa shape index (κ1) is 9.12. The second-order valence-electron chi connectivity index (χ2n) is 2.34. The maximum absolute atomic E-state index is 3.95. The molecule has 3 heteroatoms. The van der Waals surface area contributed by atoms with Crippen LogP contribution < -0.4 is 5.43 Å². The van der Waals surface area contributed by atoms with E-state index >= 15 is 0 Å².